The smallest absolute Gasteiger partial charge is 0.160 e. The highest BCUT2D eigenvalue weighted by molar-refractivity contribution is 6.17. The molecule has 4 heterocycles. The van der Waals surface area contributed by atoms with Gasteiger partial charge in [0.1, 0.15) is 22.3 Å². The maximum absolute atomic E-state index is 6.69. The van der Waals surface area contributed by atoms with Gasteiger partial charge in [0.15, 0.2) is 5.82 Å². The minimum absolute atomic E-state index is 0.669. The minimum Gasteiger partial charge on any atom is -0.456 e. The SMILES string of the molecule is c1ccc(-c2cc(-c3ccc(-c4ccc(-c5ccc6oc7ccccc7c6c5)c5c4oc4ccccc45)cc3)nc(-c3cccc(-c4ccncc4)c3)n2)cc1. The summed E-state index contributed by atoms with van der Waals surface area (Å²) in [7, 11) is 0. The van der Waals surface area contributed by atoms with Gasteiger partial charge in [-0.25, -0.2) is 9.97 Å². The summed E-state index contributed by atoms with van der Waals surface area (Å²) in [6.07, 6.45) is 3.63. The second-order valence-corrected chi connectivity index (χ2v) is 14.0. The van der Waals surface area contributed by atoms with Crippen LogP contribution in [0.15, 0.2) is 197 Å². The Morgan fingerprint density at radius 1 is 0.339 bits per heavy atom. The highest BCUT2D eigenvalue weighted by Gasteiger charge is 2.19. The summed E-state index contributed by atoms with van der Waals surface area (Å²) in [5.41, 5.74) is 14.7. The average molecular weight is 718 g/mol. The van der Waals surface area contributed by atoms with E-state index in [1.807, 2.05) is 67.0 Å². The number of rotatable bonds is 6. The number of fused-ring (bicyclic) bond motifs is 6. The van der Waals surface area contributed by atoms with E-state index in [2.05, 4.69) is 126 Å². The monoisotopic (exact) mass is 717 g/mol. The Morgan fingerprint density at radius 3 is 1.75 bits per heavy atom. The summed E-state index contributed by atoms with van der Waals surface area (Å²) in [6.45, 7) is 0. The average Bonchev–Trinajstić information content (AvgIpc) is 3.85. The van der Waals surface area contributed by atoms with Crippen LogP contribution in [-0.2, 0) is 0 Å². The van der Waals surface area contributed by atoms with Gasteiger partial charge in [0.25, 0.3) is 0 Å². The second-order valence-electron chi connectivity index (χ2n) is 14.0. The number of hydrogen-bond acceptors (Lipinski definition) is 5. The van der Waals surface area contributed by atoms with Crippen molar-refractivity contribution in [1.29, 1.82) is 0 Å². The molecule has 0 unspecified atom stereocenters. The molecule has 0 aliphatic heterocycles. The molecule has 0 N–H and O–H groups in total. The number of nitrogens with zero attached hydrogens (tertiary/aromatic N) is 3. The van der Waals surface area contributed by atoms with Gasteiger partial charge in [-0.2, -0.15) is 0 Å². The van der Waals surface area contributed by atoms with Crippen molar-refractivity contribution >= 4 is 43.9 Å². The molecule has 0 bridgehead atoms. The lowest BCUT2D eigenvalue weighted by molar-refractivity contribution is 0.669. The van der Waals surface area contributed by atoms with Crippen molar-refractivity contribution < 1.29 is 8.83 Å². The predicted octanol–water partition coefficient (Wildman–Crippen LogP) is 13.7. The van der Waals surface area contributed by atoms with Gasteiger partial charge < -0.3 is 8.83 Å². The fraction of sp³-hybridized carbons (Fsp3) is 0. The van der Waals surface area contributed by atoms with E-state index in [1.54, 1.807) is 0 Å². The maximum Gasteiger partial charge on any atom is 0.160 e. The van der Waals surface area contributed by atoms with Gasteiger partial charge in [-0.05, 0) is 82.4 Å². The summed E-state index contributed by atoms with van der Waals surface area (Å²) < 4.78 is 12.8. The van der Waals surface area contributed by atoms with Crippen molar-refractivity contribution in [2.24, 2.45) is 0 Å². The van der Waals surface area contributed by atoms with Crippen LogP contribution in [0, 0.1) is 0 Å². The largest absolute Gasteiger partial charge is 0.456 e. The van der Waals surface area contributed by atoms with Crippen molar-refractivity contribution in [1.82, 2.24) is 15.0 Å². The van der Waals surface area contributed by atoms with Gasteiger partial charge in [0.2, 0.25) is 0 Å². The highest BCUT2D eigenvalue weighted by Crippen LogP contribution is 2.43. The molecule has 0 atom stereocenters. The van der Waals surface area contributed by atoms with Crippen LogP contribution in [-0.4, -0.2) is 15.0 Å². The highest BCUT2D eigenvalue weighted by atomic mass is 16.3. The molecule has 7 aromatic carbocycles. The first-order valence-electron chi connectivity index (χ1n) is 18.7. The van der Waals surface area contributed by atoms with Crippen molar-refractivity contribution in [2.45, 2.75) is 0 Å². The molecule has 0 amide bonds. The Labute approximate surface area is 322 Å². The van der Waals surface area contributed by atoms with E-state index in [0.29, 0.717) is 5.82 Å². The third-order valence-corrected chi connectivity index (χ3v) is 10.6. The van der Waals surface area contributed by atoms with E-state index >= 15 is 0 Å². The summed E-state index contributed by atoms with van der Waals surface area (Å²) in [5, 5.41) is 4.39. The molecule has 4 aromatic heterocycles. The molecule has 11 rings (SSSR count). The van der Waals surface area contributed by atoms with Crippen LogP contribution in [0.5, 0.6) is 0 Å². The van der Waals surface area contributed by atoms with Crippen molar-refractivity contribution in [3.05, 3.63) is 188 Å². The molecule has 0 saturated carbocycles. The molecule has 56 heavy (non-hydrogen) atoms. The molecule has 0 saturated heterocycles. The van der Waals surface area contributed by atoms with Crippen LogP contribution >= 0.6 is 0 Å². The first-order valence-corrected chi connectivity index (χ1v) is 18.7. The number of benzene rings is 7. The molecule has 0 radical (unpaired) electrons. The zero-order valence-corrected chi connectivity index (χ0v) is 30.1. The van der Waals surface area contributed by atoms with E-state index < -0.39 is 0 Å². The van der Waals surface area contributed by atoms with Gasteiger partial charge in [-0.15, -0.1) is 0 Å². The van der Waals surface area contributed by atoms with Crippen LogP contribution in [0.25, 0.3) is 111 Å². The summed E-state index contributed by atoms with van der Waals surface area (Å²) >= 11 is 0. The molecule has 0 aliphatic carbocycles. The van der Waals surface area contributed by atoms with Gasteiger partial charge in [-0.1, -0.05) is 121 Å². The van der Waals surface area contributed by atoms with Crippen LogP contribution in [0.1, 0.15) is 0 Å². The zero-order chi connectivity index (χ0) is 37.0. The van der Waals surface area contributed by atoms with Crippen molar-refractivity contribution in [3.8, 4) is 67.3 Å². The predicted molar refractivity (Wildman–Crippen MR) is 227 cm³/mol. The zero-order valence-electron chi connectivity index (χ0n) is 30.1. The molecule has 0 spiro atoms. The minimum atomic E-state index is 0.669. The quantitative estimate of drug-likeness (QED) is 0.171. The van der Waals surface area contributed by atoms with E-state index in [9.17, 15) is 0 Å². The van der Waals surface area contributed by atoms with Crippen LogP contribution < -0.4 is 0 Å². The van der Waals surface area contributed by atoms with Crippen molar-refractivity contribution in [2.75, 3.05) is 0 Å². The molecular weight excluding hydrogens is 687 g/mol. The molecule has 5 nitrogen and oxygen atoms in total. The summed E-state index contributed by atoms with van der Waals surface area (Å²) in [6, 6.07) is 60.7. The van der Waals surface area contributed by atoms with Crippen LogP contribution in [0.3, 0.4) is 0 Å². The Morgan fingerprint density at radius 2 is 0.946 bits per heavy atom. The Balaban J connectivity index is 1.02. The maximum atomic E-state index is 6.69. The second kappa shape index (κ2) is 13.0. The normalized spacial score (nSPS) is 11.6. The molecule has 11 aromatic rings. The van der Waals surface area contributed by atoms with Gasteiger partial charge in [0.05, 0.1) is 11.4 Å². The van der Waals surface area contributed by atoms with Gasteiger partial charge >= 0.3 is 0 Å². The lowest BCUT2D eigenvalue weighted by atomic mass is 9.93. The first-order chi connectivity index (χ1) is 27.7. The topological polar surface area (TPSA) is 65.0 Å². The first kappa shape index (κ1) is 31.9. The third kappa shape index (κ3) is 5.45. The third-order valence-electron chi connectivity index (χ3n) is 10.6. The van der Waals surface area contributed by atoms with Crippen molar-refractivity contribution in [3.63, 3.8) is 0 Å². The van der Waals surface area contributed by atoms with Crippen LogP contribution in [0.2, 0.25) is 0 Å². The Bertz CT molecular complexity index is 3240. The molecule has 5 heteroatoms. The standard InChI is InChI=1S/C51H31N3O2/c1-2-9-34(10-3-1)44-31-45(54-51(53-44)38-12-8-11-36(29-38)32-25-27-52-28-26-32)35-19-17-33(18-20-35)40-23-22-39(49-42-14-5-7-16-47(42)56-50(40)49)37-21-24-48-43(30-37)41-13-4-6-15-46(41)55-48/h1-31H. The Kier molecular flexibility index (Phi) is 7.42. The Hall–Kier alpha value is -7.63. The van der Waals surface area contributed by atoms with E-state index in [0.717, 1.165) is 105 Å². The lowest BCUT2D eigenvalue weighted by Gasteiger charge is -2.12. The number of aromatic nitrogens is 3. The molecule has 262 valence electrons. The van der Waals surface area contributed by atoms with Crippen LogP contribution in [0.4, 0.5) is 0 Å². The summed E-state index contributed by atoms with van der Waals surface area (Å²) in [5.74, 6) is 0.669. The van der Waals surface area contributed by atoms with E-state index in [1.165, 1.54) is 0 Å². The van der Waals surface area contributed by atoms with Gasteiger partial charge in [0, 0.05) is 56.2 Å². The fourth-order valence-electron chi connectivity index (χ4n) is 7.87. The molecule has 0 aliphatic rings. The number of hydrogen-bond donors (Lipinski definition) is 0. The van der Waals surface area contributed by atoms with E-state index in [4.69, 9.17) is 18.8 Å². The molecular formula is C51H31N3O2. The van der Waals surface area contributed by atoms with Gasteiger partial charge in [-0.3, -0.25) is 4.98 Å². The number of pyridine rings is 1. The fourth-order valence-corrected chi connectivity index (χ4v) is 7.87. The lowest BCUT2D eigenvalue weighted by Crippen LogP contribution is -1.96. The number of furan rings is 2. The molecule has 0 fully saturated rings. The van der Waals surface area contributed by atoms with E-state index in [-0.39, 0.29) is 0 Å². The number of para-hydroxylation sites is 2. The summed E-state index contributed by atoms with van der Waals surface area (Å²) in [4.78, 5) is 14.4.